The largest absolute Gasteiger partial charge is 0.396 e. The molecule has 0 amide bonds. The maximum Gasteiger partial charge on any atom is 0.0596 e. The molecule has 2 saturated carbocycles. The lowest BCUT2D eigenvalue weighted by Crippen LogP contribution is -2.28. The average molecular weight is 264 g/mol. The van der Waals surface area contributed by atoms with Gasteiger partial charge in [0.25, 0.3) is 0 Å². The molecule has 1 heterocycles. The third-order valence-electron chi connectivity index (χ3n) is 5.06. The Hall–Kier alpha value is -0.870. The van der Waals surface area contributed by atoms with Gasteiger partial charge in [-0.05, 0) is 51.5 Å². The first-order chi connectivity index (χ1) is 9.01. The van der Waals surface area contributed by atoms with Crippen LogP contribution in [0.2, 0.25) is 0 Å². The Labute approximate surface area is 114 Å². The van der Waals surface area contributed by atoms with E-state index in [1.807, 2.05) is 6.92 Å². The van der Waals surface area contributed by atoms with Crippen molar-refractivity contribution in [3.8, 4) is 0 Å². The van der Waals surface area contributed by atoms with Crippen molar-refractivity contribution < 1.29 is 10.2 Å². The smallest absolute Gasteiger partial charge is 0.0596 e. The van der Waals surface area contributed by atoms with Gasteiger partial charge in [-0.15, -0.1) is 0 Å². The van der Waals surface area contributed by atoms with E-state index >= 15 is 0 Å². The highest BCUT2D eigenvalue weighted by Gasteiger charge is 2.62. The van der Waals surface area contributed by atoms with Crippen molar-refractivity contribution >= 4 is 0 Å². The Morgan fingerprint density at radius 3 is 2.37 bits per heavy atom. The molecule has 106 valence electrons. The van der Waals surface area contributed by atoms with Crippen molar-refractivity contribution in [1.82, 2.24) is 9.78 Å². The fourth-order valence-corrected chi connectivity index (χ4v) is 4.03. The average Bonchev–Trinajstić information content (AvgIpc) is 2.78. The Morgan fingerprint density at radius 2 is 1.89 bits per heavy atom. The SMILES string of the molecule is Cc1cc(C2C3CC(CO)(CO)CC32)n(C(C)C)n1. The molecular weight excluding hydrogens is 240 g/mol. The van der Waals surface area contributed by atoms with Gasteiger partial charge in [-0.3, -0.25) is 4.68 Å². The summed E-state index contributed by atoms with van der Waals surface area (Å²) in [7, 11) is 0. The van der Waals surface area contributed by atoms with Crippen molar-refractivity contribution in [2.75, 3.05) is 13.2 Å². The predicted molar refractivity (Wildman–Crippen MR) is 72.9 cm³/mol. The fourth-order valence-electron chi connectivity index (χ4n) is 4.03. The molecule has 0 aliphatic heterocycles. The molecule has 0 spiro atoms. The van der Waals surface area contributed by atoms with Crippen LogP contribution >= 0.6 is 0 Å². The van der Waals surface area contributed by atoms with E-state index in [2.05, 4.69) is 29.7 Å². The lowest BCUT2D eigenvalue weighted by molar-refractivity contribution is 0.0481. The molecule has 19 heavy (non-hydrogen) atoms. The summed E-state index contributed by atoms with van der Waals surface area (Å²) in [6.45, 7) is 6.61. The third kappa shape index (κ3) is 1.93. The van der Waals surface area contributed by atoms with E-state index in [0.29, 0.717) is 23.8 Å². The molecule has 2 aliphatic rings. The quantitative estimate of drug-likeness (QED) is 0.873. The number of aryl methyl sites for hydroxylation is 1. The molecule has 2 atom stereocenters. The number of rotatable bonds is 4. The van der Waals surface area contributed by atoms with Crippen molar-refractivity contribution in [3.05, 3.63) is 17.5 Å². The van der Waals surface area contributed by atoms with E-state index in [1.165, 1.54) is 5.69 Å². The van der Waals surface area contributed by atoms with Gasteiger partial charge in [0.15, 0.2) is 0 Å². The van der Waals surface area contributed by atoms with E-state index < -0.39 is 0 Å². The zero-order chi connectivity index (χ0) is 13.8. The molecule has 1 aromatic heterocycles. The van der Waals surface area contributed by atoms with Crippen LogP contribution in [0.25, 0.3) is 0 Å². The number of aliphatic hydroxyl groups is 2. The number of hydrogen-bond donors (Lipinski definition) is 2. The summed E-state index contributed by atoms with van der Waals surface area (Å²) in [4.78, 5) is 0. The molecular formula is C15H24N2O2. The van der Waals surface area contributed by atoms with Crippen molar-refractivity contribution in [3.63, 3.8) is 0 Å². The van der Waals surface area contributed by atoms with Gasteiger partial charge in [-0.25, -0.2) is 0 Å². The summed E-state index contributed by atoms with van der Waals surface area (Å²) >= 11 is 0. The van der Waals surface area contributed by atoms with Crippen LogP contribution in [0.5, 0.6) is 0 Å². The second-order valence-corrected chi connectivity index (χ2v) is 6.83. The van der Waals surface area contributed by atoms with Gasteiger partial charge >= 0.3 is 0 Å². The number of nitrogens with zero attached hydrogens (tertiary/aromatic N) is 2. The van der Waals surface area contributed by atoms with E-state index in [0.717, 1.165) is 18.5 Å². The van der Waals surface area contributed by atoms with Crippen molar-refractivity contribution in [2.24, 2.45) is 17.3 Å². The number of aromatic nitrogens is 2. The summed E-state index contributed by atoms with van der Waals surface area (Å²) in [6, 6.07) is 2.60. The van der Waals surface area contributed by atoms with Crippen molar-refractivity contribution in [1.29, 1.82) is 0 Å². The highest BCUT2D eigenvalue weighted by atomic mass is 16.3. The van der Waals surface area contributed by atoms with Crippen LogP contribution in [0.1, 0.15) is 50.0 Å². The van der Waals surface area contributed by atoms with E-state index in [1.54, 1.807) is 0 Å². The normalized spacial score (nSPS) is 31.8. The van der Waals surface area contributed by atoms with Crippen LogP contribution in [0.15, 0.2) is 6.07 Å². The molecule has 0 aromatic carbocycles. The molecule has 4 nitrogen and oxygen atoms in total. The van der Waals surface area contributed by atoms with Crippen LogP contribution in [0, 0.1) is 24.2 Å². The van der Waals surface area contributed by atoms with Crippen LogP contribution in [-0.4, -0.2) is 33.2 Å². The number of aliphatic hydroxyl groups excluding tert-OH is 2. The number of hydrogen-bond acceptors (Lipinski definition) is 3. The maximum atomic E-state index is 9.48. The topological polar surface area (TPSA) is 58.3 Å². The first-order valence-corrected chi connectivity index (χ1v) is 7.29. The van der Waals surface area contributed by atoms with Gasteiger partial charge in [-0.1, -0.05) is 0 Å². The summed E-state index contributed by atoms with van der Waals surface area (Å²) in [6.07, 6.45) is 1.91. The second-order valence-electron chi connectivity index (χ2n) is 6.83. The fraction of sp³-hybridized carbons (Fsp3) is 0.800. The van der Waals surface area contributed by atoms with E-state index in [9.17, 15) is 10.2 Å². The first kappa shape index (κ1) is 13.1. The Morgan fingerprint density at radius 1 is 1.32 bits per heavy atom. The van der Waals surface area contributed by atoms with Crippen LogP contribution in [0.4, 0.5) is 0 Å². The molecule has 2 unspecified atom stereocenters. The van der Waals surface area contributed by atoms with E-state index in [4.69, 9.17) is 0 Å². The van der Waals surface area contributed by atoms with Gasteiger partial charge in [0, 0.05) is 23.1 Å². The summed E-state index contributed by atoms with van der Waals surface area (Å²) < 4.78 is 2.15. The minimum atomic E-state index is -0.219. The van der Waals surface area contributed by atoms with Gasteiger partial charge < -0.3 is 10.2 Å². The molecule has 3 rings (SSSR count). The summed E-state index contributed by atoms with van der Waals surface area (Å²) in [5.74, 6) is 1.86. The molecule has 2 aliphatic carbocycles. The van der Waals surface area contributed by atoms with Crippen LogP contribution in [0.3, 0.4) is 0 Å². The minimum absolute atomic E-state index is 0.117. The standard InChI is InChI=1S/C15H24N2O2/c1-9(2)17-13(4-10(3)16-17)14-11-5-15(7-18,8-19)6-12(11)14/h4,9,11-12,14,18-19H,5-8H2,1-3H3. The second kappa shape index (κ2) is 4.32. The van der Waals surface area contributed by atoms with Gasteiger partial charge in [-0.2, -0.15) is 5.10 Å². The lowest BCUT2D eigenvalue weighted by atomic mass is 9.82. The molecule has 0 saturated heterocycles. The Balaban J connectivity index is 1.79. The van der Waals surface area contributed by atoms with E-state index in [-0.39, 0.29) is 18.6 Å². The number of fused-ring (bicyclic) bond motifs is 1. The van der Waals surface area contributed by atoms with Crippen LogP contribution < -0.4 is 0 Å². The molecule has 2 fully saturated rings. The monoisotopic (exact) mass is 264 g/mol. The maximum absolute atomic E-state index is 9.48. The highest BCUT2D eigenvalue weighted by molar-refractivity contribution is 5.28. The van der Waals surface area contributed by atoms with Crippen molar-refractivity contribution in [2.45, 2.75) is 45.6 Å². The molecule has 2 N–H and O–H groups in total. The summed E-state index contributed by atoms with van der Waals surface area (Å²) in [5.41, 5.74) is 2.22. The zero-order valence-corrected chi connectivity index (χ0v) is 12.0. The van der Waals surface area contributed by atoms with Crippen LogP contribution in [-0.2, 0) is 0 Å². The predicted octanol–water partition coefficient (Wildman–Crippen LogP) is 1.87. The Bertz CT molecular complexity index is 462. The Kier molecular flexibility index (Phi) is 2.98. The molecule has 4 heteroatoms. The van der Waals surface area contributed by atoms with Gasteiger partial charge in [0.2, 0.25) is 0 Å². The lowest BCUT2D eigenvalue weighted by Gasteiger charge is -2.27. The zero-order valence-electron chi connectivity index (χ0n) is 12.0. The minimum Gasteiger partial charge on any atom is -0.396 e. The van der Waals surface area contributed by atoms with Gasteiger partial charge in [0.05, 0.1) is 18.9 Å². The molecule has 0 radical (unpaired) electrons. The van der Waals surface area contributed by atoms with Gasteiger partial charge in [0.1, 0.15) is 0 Å². The summed E-state index contributed by atoms with van der Waals surface area (Å²) in [5, 5.41) is 23.6. The molecule has 1 aromatic rings. The first-order valence-electron chi connectivity index (χ1n) is 7.29. The third-order valence-corrected chi connectivity index (χ3v) is 5.06. The molecule has 0 bridgehead atoms. The highest BCUT2D eigenvalue weighted by Crippen LogP contribution is 2.68.